The third kappa shape index (κ3) is 11.7. The highest BCUT2D eigenvalue weighted by atomic mass is 35.5. The van der Waals surface area contributed by atoms with E-state index in [2.05, 4.69) is 11.9 Å². The van der Waals surface area contributed by atoms with E-state index in [0.29, 0.717) is 6.42 Å². The number of halogens is 1. The lowest BCUT2D eigenvalue weighted by Gasteiger charge is -2.16. The first kappa shape index (κ1) is 18.8. The van der Waals surface area contributed by atoms with E-state index < -0.39 is 0 Å². The number of hydrogen-bond acceptors (Lipinski definition) is 2. The largest absolute Gasteiger partial charge is 0.346 e. The predicted octanol–water partition coefficient (Wildman–Crippen LogP) is 2.61. The van der Waals surface area contributed by atoms with Crippen molar-refractivity contribution in [3.05, 3.63) is 12.7 Å². The lowest BCUT2D eigenvalue weighted by atomic mass is 10.2. The maximum absolute atomic E-state index is 11.6. The second-order valence-corrected chi connectivity index (χ2v) is 4.16. The van der Waals surface area contributed by atoms with Gasteiger partial charge in [-0.25, -0.2) is 0 Å². The van der Waals surface area contributed by atoms with Crippen molar-refractivity contribution >= 4 is 18.3 Å². The van der Waals surface area contributed by atoms with Crippen molar-refractivity contribution in [2.24, 2.45) is 0 Å². The molecule has 0 fully saturated rings. The molecule has 0 saturated heterocycles. The van der Waals surface area contributed by atoms with E-state index in [1.54, 1.807) is 0 Å². The van der Waals surface area contributed by atoms with Crippen molar-refractivity contribution in [2.75, 3.05) is 27.2 Å². The van der Waals surface area contributed by atoms with Crippen molar-refractivity contribution in [3.8, 4) is 0 Å². The Morgan fingerprint density at radius 1 is 1.29 bits per heavy atom. The fraction of sp³-hybridized carbons (Fsp3) is 0.769. The monoisotopic (exact) mass is 262 g/mol. The molecule has 0 aromatic rings. The third-order valence-electron chi connectivity index (χ3n) is 2.64. The van der Waals surface area contributed by atoms with Crippen LogP contribution in [0.1, 0.15) is 38.5 Å². The van der Waals surface area contributed by atoms with Crippen LogP contribution in [0.5, 0.6) is 0 Å². The van der Waals surface area contributed by atoms with Crippen LogP contribution < -0.4 is 5.32 Å². The van der Waals surface area contributed by atoms with E-state index in [0.717, 1.165) is 32.4 Å². The Kier molecular flexibility index (Phi) is 15.0. The van der Waals surface area contributed by atoms with Crippen molar-refractivity contribution in [3.63, 3.8) is 0 Å². The highest BCUT2D eigenvalue weighted by molar-refractivity contribution is 5.85. The molecule has 1 amide bonds. The van der Waals surface area contributed by atoms with E-state index in [1.807, 2.05) is 25.1 Å². The average molecular weight is 263 g/mol. The van der Waals surface area contributed by atoms with Gasteiger partial charge in [-0.3, -0.25) is 4.79 Å². The summed E-state index contributed by atoms with van der Waals surface area (Å²) >= 11 is 0. The normalized spacial score (nSPS) is 9.53. The first-order valence-electron chi connectivity index (χ1n) is 6.21. The summed E-state index contributed by atoms with van der Waals surface area (Å²) in [4.78, 5) is 13.5. The lowest BCUT2D eigenvalue weighted by Crippen LogP contribution is -2.28. The molecule has 0 aromatic carbocycles. The number of amides is 1. The van der Waals surface area contributed by atoms with Gasteiger partial charge in [-0.2, -0.15) is 0 Å². The van der Waals surface area contributed by atoms with Crippen LogP contribution in [0.2, 0.25) is 0 Å². The van der Waals surface area contributed by atoms with Crippen LogP contribution in [0.15, 0.2) is 12.7 Å². The molecule has 0 atom stereocenters. The van der Waals surface area contributed by atoms with Crippen molar-refractivity contribution < 1.29 is 4.79 Å². The summed E-state index contributed by atoms with van der Waals surface area (Å²) in [5.74, 6) is 0.263. The Labute approximate surface area is 112 Å². The summed E-state index contributed by atoms with van der Waals surface area (Å²) in [6.45, 7) is 5.49. The van der Waals surface area contributed by atoms with Crippen LogP contribution in [-0.2, 0) is 4.79 Å². The van der Waals surface area contributed by atoms with Gasteiger partial charge in [0.2, 0.25) is 5.91 Å². The predicted molar refractivity (Wildman–Crippen MR) is 76.7 cm³/mol. The van der Waals surface area contributed by atoms with Crippen LogP contribution >= 0.6 is 12.4 Å². The van der Waals surface area contributed by atoms with Gasteiger partial charge in [-0.15, -0.1) is 19.0 Å². The van der Waals surface area contributed by atoms with Gasteiger partial charge >= 0.3 is 0 Å². The first-order chi connectivity index (χ1) is 7.72. The topological polar surface area (TPSA) is 32.3 Å². The molecule has 0 aliphatic carbocycles. The first-order valence-corrected chi connectivity index (χ1v) is 6.21. The van der Waals surface area contributed by atoms with E-state index in [4.69, 9.17) is 0 Å². The number of nitrogens with zero attached hydrogens (tertiary/aromatic N) is 1. The van der Waals surface area contributed by atoms with Gasteiger partial charge in [0.15, 0.2) is 0 Å². The summed E-state index contributed by atoms with van der Waals surface area (Å²) in [6.07, 6.45) is 8.08. The minimum Gasteiger partial charge on any atom is -0.346 e. The molecule has 17 heavy (non-hydrogen) atoms. The molecule has 0 heterocycles. The SMILES string of the molecule is C=CCCCCCN(C)C(=O)CCCNC.Cl. The summed E-state index contributed by atoms with van der Waals surface area (Å²) in [7, 11) is 3.81. The molecule has 102 valence electrons. The summed E-state index contributed by atoms with van der Waals surface area (Å²) in [5.41, 5.74) is 0. The van der Waals surface area contributed by atoms with Crippen LogP contribution in [-0.4, -0.2) is 38.0 Å². The number of rotatable bonds is 10. The number of carbonyl (C=O) groups is 1. The van der Waals surface area contributed by atoms with Crippen molar-refractivity contribution in [1.29, 1.82) is 0 Å². The molecule has 0 rings (SSSR count). The Balaban J connectivity index is 0. The number of carbonyl (C=O) groups excluding carboxylic acids is 1. The fourth-order valence-electron chi connectivity index (χ4n) is 1.55. The van der Waals surface area contributed by atoms with Gasteiger partial charge in [0.05, 0.1) is 0 Å². The maximum Gasteiger partial charge on any atom is 0.222 e. The van der Waals surface area contributed by atoms with Crippen molar-refractivity contribution in [2.45, 2.75) is 38.5 Å². The molecular weight excluding hydrogens is 236 g/mol. The van der Waals surface area contributed by atoms with E-state index in [9.17, 15) is 4.79 Å². The van der Waals surface area contributed by atoms with Crippen LogP contribution in [0.3, 0.4) is 0 Å². The van der Waals surface area contributed by atoms with Crippen LogP contribution in [0.4, 0.5) is 0 Å². The van der Waals surface area contributed by atoms with E-state index in [-0.39, 0.29) is 18.3 Å². The zero-order chi connectivity index (χ0) is 12.2. The molecular formula is C13H27ClN2O. The molecule has 1 N–H and O–H groups in total. The Morgan fingerprint density at radius 3 is 2.59 bits per heavy atom. The summed E-state index contributed by atoms with van der Waals surface area (Å²) < 4.78 is 0. The van der Waals surface area contributed by atoms with Gasteiger partial charge in [0, 0.05) is 20.0 Å². The second kappa shape index (κ2) is 13.5. The Morgan fingerprint density at radius 2 is 2.00 bits per heavy atom. The van der Waals surface area contributed by atoms with Crippen LogP contribution in [0.25, 0.3) is 0 Å². The molecule has 3 nitrogen and oxygen atoms in total. The summed E-state index contributed by atoms with van der Waals surface area (Å²) in [6, 6.07) is 0. The summed E-state index contributed by atoms with van der Waals surface area (Å²) in [5, 5.41) is 3.05. The molecule has 0 aliphatic heterocycles. The van der Waals surface area contributed by atoms with Gasteiger partial charge in [-0.1, -0.05) is 12.5 Å². The molecule has 4 heteroatoms. The molecule has 0 aliphatic rings. The number of nitrogens with one attached hydrogen (secondary N) is 1. The molecule has 0 spiro atoms. The molecule has 0 saturated carbocycles. The highest BCUT2D eigenvalue weighted by Crippen LogP contribution is 2.03. The Hall–Kier alpha value is -0.540. The number of allylic oxidation sites excluding steroid dienone is 1. The van der Waals surface area contributed by atoms with Gasteiger partial charge in [-0.05, 0) is 39.3 Å². The quantitative estimate of drug-likeness (QED) is 0.485. The van der Waals surface area contributed by atoms with Crippen LogP contribution in [0, 0.1) is 0 Å². The zero-order valence-corrected chi connectivity index (χ0v) is 12.0. The average Bonchev–Trinajstić information content (AvgIpc) is 2.28. The molecule has 0 radical (unpaired) electrons. The van der Waals surface area contributed by atoms with Gasteiger partial charge in [0.25, 0.3) is 0 Å². The highest BCUT2D eigenvalue weighted by Gasteiger charge is 2.06. The van der Waals surface area contributed by atoms with E-state index in [1.165, 1.54) is 12.8 Å². The lowest BCUT2D eigenvalue weighted by molar-refractivity contribution is -0.130. The standard InChI is InChI=1S/C13H26N2O.ClH/c1-4-5-6-7-8-12-15(3)13(16)10-9-11-14-2;/h4,14H,1,5-12H2,2-3H3;1H. The molecule has 0 unspecified atom stereocenters. The Bertz CT molecular complexity index is 198. The maximum atomic E-state index is 11.6. The molecule has 0 bridgehead atoms. The fourth-order valence-corrected chi connectivity index (χ4v) is 1.55. The minimum atomic E-state index is 0. The third-order valence-corrected chi connectivity index (χ3v) is 2.64. The number of hydrogen-bond donors (Lipinski definition) is 1. The van der Waals surface area contributed by atoms with Crippen molar-refractivity contribution in [1.82, 2.24) is 10.2 Å². The van der Waals surface area contributed by atoms with Gasteiger partial charge < -0.3 is 10.2 Å². The smallest absolute Gasteiger partial charge is 0.222 e. The zero-order valence-electron chi connectivity index (χ0n) is 11.2. The second-order valence-electron chi connectivity index (χ2n) is 4.16. The molecule has 0 aromatic heterocycles. The van der Waals surface area contributed by atoms with Gasteiger partial charge in [0.1, 0.15) is 0 Å². The number of unbranched alkanes of at least 4 members (excludes halogenated alkanes) is 3. The minimum absolute atomic E-state index is 0. The van der Waals surface area contributed by atoms with E-state index >= 15 is 0 Å².